The number of anilines is 1. The fourth-order valence-electron chi connectivity index (χ4n) is 2.97. The highest BCUT2D eigenvalue weighted by atomic mass is 35.5. The van der Waals surface area contributed by atoms with Crippen LogP contribution in [0.4, 0.5) is 5.69 Å². The van der Waals surface area contributed by atoms with E-state index in [-0.39, 0.29) is 17.9 Å². The first-order valence-corrected chi connectivity index (χ1v) is 8.82. The molecule has 3 rings (SSSR count). The van der Waals surface area contributed by atoms with Crippen molar-refractivity contribution in [1.29, 1.82) is 0 Å². The Bertz CT molecular complexity index is 773. The second kappa shape index (κ2) is 8.12. The SMILES string of the molecule is O=C(Nc1cccc(Cl)c1)c1cncc(C(=O)NC2CCCCC2)c1. The molecule has 1 fully saturated rings. The van der Waals surface area contributed by atoms with E-state index in [1.54, 1.807) is 30.3 Å². The molecule has 0 unspecified atom stereocenters. The molecule has 1 heterocycles. The van der Waals surface area contributed by atoms with E-state index in [1.807, 2.05) is 0 Å². The second-order valence-corrected chi connectivity index (χ2v) is 6.67. The van der Waals surface area contributed by atoms with Crippen LogP contribution in [0.15, 0.2) is 42.7 Å². The summed E-state index contributed by atoms with van der Waals surface area (Å²) in [4.78, 5) is 28.8. The Labute approximate surface area is 151 Å². The zero-order chi connectivity index (χ0) is 17.6. The van der Waals surface area contributed by atoms with Gasteiger partial charge in [0.05, 0.1) is 11.1 Å². The standard InChI is InChI=1S/C19H20ClN3O2/c20-15-5-4-8-17(10-15)23-19(25)14-9-13(11-21-12-14)18(24)22-16-6-2-1-3-7-16/h4-5,8-12,16H,1-3,6-7H2,(H,22,24)(H,23,25). The van der Waals surface area contributed by atoms with Gasteiger partial charge >= 0.3 is 0 Å². The van der Waals surface area contributed by atoms with Crippen LogP contribution in [0.2, 0.25) is 5.02 Å². The number of benzene rings is 1. The Hall–Kier alpha value is -2.40. The van der Waals surface area contributed by atoms with Crippen LogP contribution in [0.25, 0.3) is 0 Å². The van der Waals surface area contributed by atoms with Crippen LogP contribution < -0.4 is 10.6 Å². The largest absolute Gasteiger partial charge is 0.349 e. The first kappa shape index (κ1) is 17.4. The molecule has 1 aromatic carbocycles. The highest BCUT2D eigenvalue weighted by molar-refractivity contribution is 6.31. The smallest absolute Gasteiger partial charge is 0.257 e. The molecule has 2 amide bonds. The van der Waals surface area contributed by atoms with Crippen molar-refractivity contribution in [2.45, 2.75) is 38.1 Å². The van der Waals surface area contributed by atoms with E-state index in [1.165, 1.54) is 18.8 Å². The Morgan fingerprint density at radius 1 is 1.00 bits per heavy atom. The predicted molar refractivity (Wildman–Crippen MR) is 98.0 cm³/mol. The maximum atomic E-state index is 12.4. The van der Waals surface area contributed by atoms with Gasteiger partial charge in [0.1, 0.15) is 0 Å². The zero-order valence-electron chi connectivity index (χ0n) is 13.8. The normalized spacial score (nSPS) is 14.8. The Kier molecular flexibility index (Phi) is 5.66. The van der Waals surface area contributed by atoms with E-state index in [0.29, 0.717) is 21.8 Å². The minimum Gasteiger partial charge on any atom is -0.349 e. The van der Waals surface area contributed by atoms with Gasteiger partial charge in [-0.2, -0.15) is 0 Å². The lowest BCUT2D eigenvalue weighted by Gasteiger charge is -2.22. The maximum Gasteiger partial charge on any atom is 0.257 e. The third-order valence-corrected chi connectivity index (χ3v) is 4.52. The molecule has 0 saturated heterocycles. The summed E-state index contributed by atoms with van der Waals surface area (Å²) in [6.45, 7) is 0. The monoisotopic (exact) mass is 357 g/mol. The molecular formula is C19H20ClN3O2. The fraction of sp³-hybridized carbons (Fsp3) is 0.316. The molecule has 0 bridgehead atoms. The van der Waals surface area contributed by atoms with Gasteiger partial charge in [-0.25, -0.2) is 0 Å². The Morgan fingerprint density at radius 3 is 2.44 bits per heavy atom. The molecule has 0 aliphatic heterocycles. The van der Waals surface area contributed by atoms with Gasteiger partial charge in [-0.1, -0.05) is 36.9 Å². The number of aromatic nitrogens is 1. The molecule has 1 aromatic heterocycles. The van der Waals surface area contributed by atoms with Gasteiger partial charge in [-0.05, 0) is 37.1 Å². The summed E-state index contributed by atoms with van der Waals surface area (Å²) in [5, 5.41) is 6.32. The van der Waals surface area contributed by atoms with Crippen LogP contribution in [0, 0.1) is 0 Å². The number of halogens is 1. The number of nitrogens with one attached hydrogen (secondary N) is 2. The van der Waals surface area contributed by atoms with Crippen molar-refractivity contribution in [2.24, 2.45) is 0 Å². The number of pyridine rings is 1. The molecule has 0 spiro atoms. The van der Waals surface area contributed by atoms with Gasteiger partial charge < -0.3 is 10.6 Å². The summed E-state index contributed by atoms with van der Waals surface area (Å²) in [5.41, 5.74) is 1.31. The molecule has 130 valence electrons. The number of rotatable bonds is 4. The van der Waals surface area contributed by atoms with E-state index >= 15 is 0 Å². The van der Waals surface area contributed by atoms with Crippen LogP contribution in [0.3, 0.4) is 0 Å². The van der Waals surface area contributed by atoms with E-state index in [0.717, 1.165) is 25.7 Å². The van der Waals surface area contributed by atoms with Crippen LogP contribution in [0.1, 0.15) is 52.8 Å². The molecule has 1 saturated carbocycles. The zero-order valence-corrected chi connectivity index (χ0v) is 14.6. The van der Waals surface area contributed by atoms with Gasteiger partial charge in [-0.15, -0.1) is 0 Å². The average molecular weight is 358 g/mol. The molecule has 2 aromatic rings. The van der Waals surface area contributed by atoms with E-state index in [4.69, 9.17) is 11.6 Å². The summed E-state index contributed by atoms with van der Waals surface area (Å²) in [6.07, 6.45) is 8.46. The van der Waals surface area contributed by atoms with Gasteiger partial charge in [-0.3, -0.25) is 14.6 Å². The Morgan fingerprint density at radius 2 is 1.72 bits per heavy atom. The van der Waals surface area contributed by atoms with Gasteiger partial charge in [0.15, 0.2) is 0 Å². The summed E-state index contributed by atoms with van der Waals surface area (Å²) in [5.74, 6) is -0.515. The fourth-order valence-corrected chi connectivity index (χ4v) is 3.16. The van der Waals surface area contributed by atoms with Crippen LogP contribution >= 0.6 is 11.6 Å². The third kappa shape index (κ3) is 4.79. The third-order valence-electron chi connectivity index (χ3n) is 4.29. The first-order valence-electron chi connectivity index (χ1n) is 8.44. The van der Waals surface area contributed by atoms with Gasteiger partial charge in [0, 0.05) is 29.1 Å². The lowest BCUT2D eigenvalue weighted by atomic mass is 9.95. The molecule has 6 heteroatoms. The quantitative estimate of drug-likeness (QED) is 0.867. The number of carbonyl (C=O) groups excluding carboxylic acids is 2. The van der Waals surface area contributed by atoms with Gasteiger partial charge in [0.2, 0.25) is 0 Å². The lowest BCUT2D eigenvalue weighted by molar-refractivity contribution is 0.0927. The molecule has 0 radical (unpaired) electrons. The molecule has 5 nitrogen and oxygen atoms in total. The molecule has 25 heavy (non-hydrogen) atoms. The van der Waals surface area contributed by atoms with Crippen molar-refractivity contribution in [3.8, 4) is 0 Å². The van der Waals surface area contributed by atoms with Crippen molar-refractivity contribution >= 4 is 29.1 Å². The van der Waals surface area contributed by atoms with E-state index < -0.39 is 0 Å². The first-order chi connectivity index (χ1) is 12.1. The van der Waals surface area contributed by atoms with Crippen LogP contribution in [-0.4, -0.2) is 22.8 Å². The molecule has 0 atom stereocenters. The highest BCUT2D eigenvalue weighted by Gasteiger charge is 2.18. The minimum atomic E-state index is -0.331. The van der Waals surface area contributed by atoms with Crippen molar-refractivity contribution in [3.63, 3.8) is 0 Å². The molecule has 1 aliphatic rings. The summed E-state index contributed by atoms with van der Waals surface area (Å²) >= 11 is 5.92. The lowest BCUT2D eigenvalue weighted by Crippen LogP contribution is -2.36. The maximum absolute atomic E-state index is 12.4. The number of carbonyl (C=O) groups is 2. The van der Waals surface area contributed by atoms with Crippen LogP contribution in [0.5, 0.6) is 0 Å². The average Bonchev–Trinajstić information content (AvgIpc) is 2.62. The highest BCUT2D eigenvalue weighted by Crippen LogP contribution is 2.18. The van der Waals surface area contributed by atoms with Crippen molar-refractivity contribution < 1.29 is 9.59 Å². The van der Waals surface area contributed by atoms with E-state index in [9.17, 15) is 9.59 Å². The predicted octanol–water partition coefficient (Wildman–Crippen LogP) is 4.05. The molecule has 2 N–H and O–H groups in total. The van der Waals surface area contributed by atoms with Crippen molar-refractivity contribution in [1.82, 2.24) is 10.3 Å². The van der Waals surface area contributed by atoms with Gasteiger partial charge in [0.25, 0.3) is 11.8 Å². The van der Waals surface area contributed by atoms with Crippen molar-refractivity contribution in [3.05, 3.63) is 58.9 Å². The van der Waals surface area contributed by atoms with Crippen LogP contribution in [-0.2, 0) is 0 Å². The van der Waals surface area contributed by atoms with Crippen molar-refractivity contribution in [2.75, 3.05) is 5.32 Å². The molecule has 1 aliphatic carbocycles. The number of nitrogens with zero attached hydrogens (tertiary/aromatic N) is 1. The second-order valence-electron chi connectivity index (χ2n) is 6.24. The topological polar surface area (TPSA) is 71.1 Å². The minimum absolute atomic E-state index is 0.184. The molecular weight excluding hydrogens is 338 g/mol. The number of hydrogen-bond donors (Lipinski definition) is 2. The number of hydrogen-bond acceptors (Lipinski definition) is 3. The van der Waals surface area contributed by atoms with E-state index in [2.05, 4.69) is 15.6 Å². The number of amides is 2. The summed E-state index contributed by atoms with van der Waals surface area (Å²) < 4.78 is 0. The Balaban J connectivity index is 1.67. The summed E-state index contributed by atoms with van der Waals surface area (Å²) in [6, 6.07) is 8.67. The summed E-state index contributed by atoms with van der Waals surface area (Å²) in [7, 11) is 0.